The molecule has 2 aromatic rings. The van der Waals surface area contributed by atoms with Gasteiger partial charge in [0.15, 0.2) is 0 Å². The Morgan fingerprint density at radius 2 is 2.35 bits per heavy atom. The number of aromatic nitrogens is 2. The molecule has 0 saturated heterocycles. The molecule has 0 aliphatic rings. The highest BCUT2D eigenvalue weighted by Crippen LogP contribution is 2.25. The molecule has 4 nitrogen and oxygen atoms in total. The molecule has 0 aromatic carbocycles. The molecule has 0 saturated carbocycles. The molecule has 0 atom stereocenters. The summed E-state index contributed by atoms with van der Waals surface area (Å²) in [6.45, 7) is 4.09. The number of aryl methyl sites for hydroxylation is 1. The van der Waals surface area contributed by atoms with Crippen LogP contribution in [0.2, 0.25) is 0 Å². The molecule has 0 amide bonds. The van der Waals surface area contributed by atoms with Crippen LogP contribution >= 0.6 is 33.9 Å². The fraction of sp³-hybridized carbons (Fsp3) is 0.455. The minimum Gasteiger partial charge on any atom is -0.421 e. The summed E-state index contributed by atoms with van der Waals surface area (Å²) in [5, 5.41) is 13.4. The Hall–Kier alpha value is -0.470. The fourth-order valence-electron chi connectivity index (χ4n) is 1.43. The van der Waals surface area contributed by atoms with Gasteiger partial charge in [0.05, 0.1) is 8.45 Å². The van der Waals surface area contributed by atoms with Gasteiger partial charge in [-0.1, -0.05) is 6.92 Å². The van der Waals surface area contributed by atoms with Crippen molar-refractivity contribution in [2.75, 3.05) is 13.1 Å². The van der Waals surface area contributed by atoms with Crippen LogP contribution in [0.1, 0.15) is 19.2 Å². The Morgan fingerprint density at radius 3 is 3.06 bits per heavy atom. The predicted molar refractivity (Wildman–Crippen MR) is 77.2 cm³/mol. The van der Waals surface area contributed by atoms with Crippen LogP contribution in [0.3, 0.4) is 0 Å². The zero-order chi connectivity index (χ0) is 12.1. The summed E-state index contributed by atoms with van der Waals surface area (Å²) in [6, 6.07) is 2.06. The van der Waals surface area contributed by atoms with Gasteiger partial charge in [-0.3, -0.25) is 0 Å². The molecule has 0 unspecified atom stereocenters. The van der Waals surface area contributed by atoms with Crippen LogP contribution in [0.5, 0.6) is 0 Å². The average Bonchev–Trinajstić information content (AvgIpc) is 2.93. The van der Waals surface area contributed by atoms with E-state index in [9.17, 15) is 0 Å². The zero-order valence-corrected chi connectivity index (χ0v) is 12.5. The standard InChI is InChI=1S/C11H14IN3OS/c1-2-13-5-3-4-10-14-15-11(16-10)8-6-9(12)17-7-8/h6-7,13H,2-5H2,1H3. The van der Waals surface area contributed by atoms with Crippen LogP contribution in [0.25, 0.3) is 11.5 Å². The summed E-state index contributed by atoms with van der Waals surface area (Å²) in [4.78, 5) is 0. The lowest BCUT2D eigenvalue weighted by Gasteiger charge is -1.97. The van der Waals surface area contributed by atoms with E-state index in [1.165, 1.54) is 2.88 Å². The van der Waals surface area contributed by atoms with Crippen molar-refractivity contribution < 1.29 is 4.42 Å². The molecule has 2 aromatic heterocycles. The van der Waals surface area contributed by atoms with Crippen LogP contribution in [0, 0.1) is 2.88 Å². The number of thiophene rings is 1. The topological polar surface area (TPSA) is 51.0 Å². The molecule has 1 N–H and O–H groups in total. The number of hydrogen-bond donors (Lipinski definition) is 1. The monoisotopic (exact) mass is 363 g/mol. The summed E-state index contributed by atoms with van der Waals surface area (Å²) >= 11 is 3.97. The van der Waals surface area contributed by atoms with Gasteiger partial charge in [-0.05, 0) is 48.2 Å². The second-order valence-electron chi connectivity index (χ2n) is 3.60. The van der Waals surface area contributed by atoms with Crippen molar-refractivity contribution in [2.45, 2.75) is 19.8 Å². The molecule has 0 aliphatic carbocycles. The Bertz CT molecular complexity index is 469. The van der Waals surface area contributed by atoms with E-state index in [2.05, 4.69) is 51.1 Å². The molecular weight excluding hydrogens is 349 g/mol. The highest BCUT2D eigenvalue weighted by molar-refractivity contribution is 14.1. The minimum absolute atomic E-state index is 0.627. The van der Waals surface area contributed by atoms with E-state index in [1.807, 2.05) is 5.38 Å². The second-order valence-corrected chi connectivity index (χ2v) is 6.40. The second kappa shape index (κ2) is 6.46. The Morgan fingerprint density at radius 1 is 1.47 bits per heavy atom. The van der Waals surface area contributed by atoms with E-state index in [1.54, 1.807) is 11.3 Å². The normalized spacial score (nSPS) is 10.9. The van der Waals surface area contributed by atoms with Crippen molar-refractivity contribution in [3.05, 3.63) is 20.2 Å². The van der Waals surface area contributed by atoms with E-state index in [0.29, 0.717) is 5.89 Å². The number of hydrogen-bond acceptors (Lipinski definition) is 5. The van der Waals surface area contributed by atoms with Crippen molar-refractivity contribution in [1.82, 2.24) is 15.5 Å². The third-order valence-electron chi connectivity index (χ3n) is 2.28. The molecule has 17 heavy (non-hydrogen) atoms. The summed E-state index contributed by atoms with van der Waals surface area (Å²) in [5.41, 5.74) is 1.02. The van der Waals surface area contributed by atoms with E-state index >= 15 is 0 Å². The van der Waals surface area contributed by atoms with Gasteiger partial charge in [-0.15, -0.1) is 21.5 Å². The quantitative estimate of drug-likeness (QED) is 0.633. The maximum absolute atomic E-state index is 5.62. The van der Waals surface area contributed by atoms with Crippen LogP contribution in [0.15, 0.2) is 15.9 Å². The number of nitrogens with zero attached hydrogens (tertiary/aromatic N) is 2. The third kappa shape index (κ3) is 3.75. The van der Waals surface area contributed by atoms with Crippen molar-refractivity contribution >= 4 is 33.9 Å². The Balaban J connectivity index is 1.92. The fourth-order valence-corrected chi connectivity index (χ4v) is 2.76. The SMILES string of the molecule is CCNCCCc1nnc(-c2csc(I)c2)o1. The van der Waals surface area contributed by atoms with Crippen molar-refractivity contribution in [3.63, 3.8) is 0 Å². The number of nitrogens with one attached hydrogen (secondary N) is 1. The van der Waals surface area contributed by atoms with Crippen LogP contribution in [-0.4, -0.2) is 23.3 Å². The van der Waals surface area contributed by atoms with Crippen LogP contribution in [-0.2, 0) is 6.42 Å². The maximum atomic E-state index is 5.62. The van der Waals surface area contributed by atoms with Gasteiger partial charge in [0.2, 0.25) is 11.8 Å². The highest BCUT2D eigenvalue weighted by atomic mass is 127. The zero-order valence-electron chi connectivity index (χ0n) is 9.57. The van der Waals surface area contributed by atoms with Crippen molar-refractivity contribution in [3.8, 4) is 11.5 Å². The molecule has 2 heterocycles. The summed E-state index contributed by atoms with van der Waals surface area (Å²) in [7, 11) is 0. The molecule has 6 heteroatoms. The number of halogens is 1. The molecule has 0 bridgehead atoms. The molecule has 2 rings (SSSR count). The average molecular weight is 363 g/mol. The van der Waals surface area contributed by atoms with Crippen molar-refractivity contribution in [2.24, 2.45) is 0 Å². The minimum atomic E-state index is 0.627. The molecule has 92 valence electrons. The highest BCUT2D eigenvalue weighted by Gasteiger charge is 2.09. The van der Waals surface area contributed by atoms with Gasteiger partial charge < -0.3 is 9.73 Å². The predicted octanol–water partition coefficient (Wildman–Crippen LogP) is 2.94. The van der Waals surface area contributed by atoms with Gasteiger partial charge in [0.1, 0.15) is 0 Å². The lowest BCUT2D eigenvalue weighted by atomic mass is 10.3. The summed E-state index contributed by atoms with van der Waals surface area (Å²) in [6.07, 6.45) is 1.86. The van der Waals surface area contributed by atoms with Gasteiger partial charge in [-0.2, -0.15) is 0 Å². The lowest BCUT2D eigenvalue weighted by molar-refractivity contribution is 0.492. The van der Waals surface area contributed by atoms with E-state index < -0.39 is 0 Å². The molecule has 0 fully saturated rings. The van der Waals surface area contributed by atoms with Crippen molar-refractivity contribution in [1.29, 1.82) is 0 Å². The van der Waals surface area contributed by atoms with E-state index in [-0.39, 0.29) is 0 Å². The van der Waals surface area contributed by atoms with E-state index in [0.717, 1.165) is 37.4 Å². The molecule has 0 radical (unpaired) electrons. The smallest absolute Gasteiger partial charge is 0.248 e. The first-order valence-corrected chi connectivity index (χ1v) is 7.53. The van der Waals surface area contributed by atoms with Gasteiger partial charge in [0, 0.05) is 11.8 Å². The summed E-state index contributed by atoms with van der Waals surface area (Å²) < 4.78 is 6.84. The van der Waals surface area contributed by atoms with Gasteiger partial charge >= 0.3 is 0 Å². The van der Waals surface area contributed by atoms with E-state index in [4.69, 9.17) is 4.42 Å². The summed E-state index contributed by atoms with van der Waals surface area (Å²) in [5.74, 6) is 1.35. The first-order valence-electron chi connectivity index (χ1n) is 5.57. The maximum Gasteiger partial charge on any atom is 0.248 e. The van der Waals surface area contributed by atoms with Gasteiger partial charge in [-0.25, -0.2) is 0 Å². The Kier molecular flexibility index (Phi) is 4.93. The molecule has 0 aliphatic heterocycles. The lowest BCUT2D eigenvalue weighted by Crippen LogP contribution is -2.14. The molecule has 0 spiro atoms. The largest absolute Gasteiger partial charge is 0.421 e. The van der Waals surface area contributed by atoms with Crippen LogP contribution in [0.4, 0.5) is 0 Å². The van der Waals surface area contributed by atoms with Crippen LogP contribution < -0.4 is 5.32 Å². The number of rotatable bonds is 6. The third-order valence-corrected chi connectivity index (χ3v) is 4.06. The first-order chi connectivity index (χ1) is 8.29. The van der Waals surface area contributed by atoms with Gasteiger partial charge in [0.25, 0.3) is 0 Å². The molecular formula is C11H14IN3OS. The first kappa shape index (κ1) is 13.0. The Labute approximate surface area is 118 Å².